The second-order valence-corrected chi connectivity index (χ2v) is 7.31. The van der Waals surface area contributed by atoms with Gasteiger partial charge in [0.25, 0.3) is 0 Å². The molecule has 0 saturated carbocycles. The van der Waals surface area contributed by atoms with Crippen molar-refractivity contribution in [3.05, 3.63) is 0 Å². The zero-order valence-electron chi connectivity index (χ0n) is 13.2. The van der Waals surface area contributed by atoms with Crippen LogP contribution in [-0.2, 0) is 22.9 Å². The van der Waals surface area contributed by atoms with Crippen LogP contribution in [0.5, 0.6) is 0 Å². The Balaban J connectivity index is 4.23. The summed E-state index contributed by atoms with van der Waals surface area (Å²) in [6, 6.07) is 0.647. The minimum atomic E-state index is -2.63. The number of carbonyl (C=O) groups excluding carboxylic acids is 2. The van der Waals surface area contributed by atoms with E-state index in [1.165, 1.54) is 6.92 Å². The quantitative estimate of drug-likeness (QED) is 0.490. The maximum atomic E-state index is 11.6. The Bertz CT molecular complexity index is 276. The third-order valence-corrected chi connectivity index (χ3v) is 5.94. The van der Waals surface area contributed by atoms with Crippen molar-refractivity contribution < 1.29 is 22.9 Å². The van der Waals surface area contributed by atoms with E-state index in [0.29, 0.717) is 51.5 Å². The zero-order chi connectivity index (χ0) is 15.4. The van der Waals surface area contributed by atoms with Gasteiger partial charge in [-0.25, -0.2) is 0 Å². The lowest BCUT2D eigenvalue weighted by molar-refractivity contribution is -0.123. The molecule has 0 amide bonds. The van der Waals surface area contributed by atoms with Crippen molar-refractivity contribution in [2.24, 2.45) is 0 Å². The van der Waals surface area contributed by atoms with Crippen molar-refractivity contribution in [2.75, 3.05) is 19.8 Å². The average molecular weight is 304 g/mol. The average Bonchev–Trinajstić information content (AvgIpc) is 2.37. The maximum Gasteiger partial charge on any atom is 0.500 e. The minimum Gasteiger partial charge on any atom is -0.374 e. The van der Waals surface area contributed by atoms with E-state index in [9.17, 15) is 9.59 Å². The van der Waals surface area contributed by atoms with Crippen molar-refractivity contribution in [2.45, 2.75) is 59.4 Å². The van der Waals surface area contributed by atoms with Gasteiger partial charge in [0, 0.05) is 45.1 Å². The van der Waals surface area contributed by atoms with Crippen LogP contribution < -0.4 is 0 Å². The molecule has 0 atom stereocenters. The Morgan fingerprint density at radius 1 is 0.850 bits per heavy atom. The highest BCUT2D eigenvalue weighted by Gasteiger charge is 2.39. The van der Waals surface area contributed by atoms with E-state index >= 15 is 0 Å². The van der Waals surface area contributed by atoms with E-state index in [0.717, 1.165) is 0 Å². The number of hydrogen-bond acceptors (Lipinski definition) is 5. The lowest BCUT2D eigenvalue weighted by atomic mass is 10.1. The largest absolute Gasteiger partial charge is 0.500 e. The van der Waals surface area contributed by atoms with Crippen LogP contribution in [-0.4, -0.2) is 40.2 Å². The van der Waals surface area contributed by atoms with Crippen molar-refractivity contribution >= 4 is 20.4 Å². The van der Waals surface area contributed by atoms with E-state index in [2.05, 4.69) is 0 Å². The fourth-order valence-corrected chi connectivity index (χ4v) is 4.56. The second-order valence-electron chi connectivity index (χ2n) is 4.58. The summed E-state index contributed by atoms with van der Waals surface area (Å²) in [6.07, 6.45) is 1.81. The fourth-order valence-electron chi connectivity index (χ4n) is 1.94. The van der Waals surface area contributed by atoms with Gasteiger partial charge >= 0.3 is 8.80 Å². The first-order valence-electron chi connectivity index (χ1n) is 7.42. The lowest BCUT2D eigenvalue weighted by Gasteiger charge is -2.28. The Labute approximate surface area is 123 Å². The van der Waals surface area contributed by atoms with Gasteiger partial charge in [-0.15, -0.1) is 0 Å². The smallest absolute Gasteiger partial charge is 0.374 e. The summed E-state index contributed by atoms with van der Waals surface area (Å²) in [5, 5.41) is 0. The van der Waals surface area contributed by atoms with E-state index in [1.54, 1.807) is 0 Å². The molecule has 0 bridgehead atoms. The van der Waals surface area contributed by atoms with E-state index in [4.69, 9.17) is 13.3 Å². The molecule has 0 aromatic heterocycles. The van der Waals surface area contributed by atoms with Gasteiger partial charge in [-0.2, -0.15) is 0 Å². The van der Waals surface area contributed by atoms with Crippen molar-refractivity contribution in [3.63, 3.8) is 0 Å². The molecular formula is C14H28O5Si. The van der Waals surface area contributed by atoms with Gasteiger partial charge in [0.1, 0.15) is 11.6 Å². The molecule has 0 spiro atoms. The van der Waals surface area contributed by atoms with Gasteiger partial charge in [-0.3, -0.25) is 4.79 Å². The molecule has 0 aromatic rings. The first-order valence-corrected chi connectivity index (χ1v) is 9.35. The highest BCUT2D eigenvalue weighted by atomic mass is 28.4. The van der Waals surface area contributed by atoms with E-state index in [-0.39, 0.29) is 11.6 Å². The zero-order valence-corrected chi connectivity index (χ0v) is 14.2. The predicted octanol–water partition coefficient (Wildman–Crippen LogP) is 2.75. The summed E-state index contributed by atoms with van der Waals surface area (Å²) >= 11 is 0. The van der Waals surface area contributed by atoms with E-state index in [1.807, 2.05) is 20.8 Å². The van der Waals surface area contributed by atoms with Crippen molar-refractivity contribution in [3.8, 4) is 0 Å². The van der Waals surface area contributed by atoms with Crippen LogP contribution >= 0.6 is 0 Å². The summed E-state index contributed by atoms with van der Waals surface area (Å²) in [6.45, 7) is 8.89. The Morgan fingerprint density at radius 3 is 1.75 bits per heavy atom. The molecular weight excluding hydrogens is 276 g/mol. The van der Waals surface area contributed by atoms with Gasteiger partial charge in [0.05, 0.1) is 0 Å². The van der Waals surface area contributed by atoms with Crippen LogP contribution in [0.15, 0.2) is 0 Å². The number of rotatable bonds is 13. The predicted molar refractivity (Wildman–Crippen MR) is 79.6 cm³/mol. The van der Waals surface area contributed by atoms with Crippen molar-refractivity contribution in [1.82, 2.24) is 0 Å². The molecule has 0 aliphatic heterocycles. The summed E-state index contributed by atoms with van der Waals surface area (Å²) in [5.41, 5.74) is 0. The summed E-state index contributed by atoms with van der Waals surface area (Å²) < 4.78 is 17.2. The summed E-state index contributed by atoms with van der Waals surface area (Å²) in [4.78, 5) is 22.5. The normalized spacial score (nSPS) is 11.6. The molecule has 0 fully saturated rings. The lowest BCUT2D eigenvalue weighted by Crippen LogP contribution is -2.46. The van der Waals surface area contributed by atoms with Gasteiger partial charge < -0.3 is 18.1 Å². The molecule has 0 heterocycles. The highest BCUT2D eigenvalue weighted by Crippen LogP contribution is 2.19. The van der Waals surface area contributed by atoms with Gasteiger partial charge in [-0.05, 0) is 34.1 Å². The third kappa shape index (κ3) is 8.58. The fraction of sp³-hybridized carbons (Fsp3) is 0.857. The topological polar surface area (TPSA) is 61.8 Å². The molecule has 0 rings (SSSR count). The van der Waals surface area contributed by atoms with Crippen LogP contribution in [0, 0.1) is 0 Å². The Hall–Kier alpha value is -0.563. The molecule has 0 aliphatic rings. The van der Waals surface area contributed by atoms with Gasteiger partial charge in [0.2, 0.25) is 0 Å². The van der Waals surface area contributed by atoms with Crippen LogP contribution in [0.3, 0.4) is 0 Å². The summed E-state index contributed by atoms with van der Waals surface area (Å²) in [7, 11) is -2.63. The monoisotopic (exact) mass is 304 g/mol. The van der Waals surface area contributed by atoms with Crippen molar-refractivity contribution in [1.29, 1.82) is 0 Å². The second kappa shape index (κ2) is 11.1. The number of ketones is 2. The molecule has 0 saturated heterocycles. The molecule has 118 valence electrons. The molecule has 0 aliphatic carbocycles. The van der Waals surface area contributed by atoms with E-state index < -0.39 is 8.80 Å². The highest BCUT2D eigenvalue weighted by molar-refractivity contribution is 6.60. The van der Waals surface area contributed by atoms with Gasteiger partial charge in [-0.1, -0.05) is 0 Å². The SMILES string of the molecule is CCO[Si](CCCC(=O)CCC(C)=O)(OCC)OCC. The summed E-state index contributed by atoms with van der Waals surface area (Å²) in [5.74, 6) is 0.174. The molecule has 5 nitrogen and oxygen atoms in total. The first kappa shape index (κ1) is 19.4. The molecule has 0 N–H and O–H groups in total. The molecule has 0 aromatic carbocycles. The third-order valence-electron chi connectivity index (χ3n) is 2.79. The van der Waals surface area contributed by atoms with Gasteiger partial charge in [0.15, 0.2) is 0 Å². The molecule has 0 unspecified atom stereocenters. The standard InChI is InChI=1S/C14H28O5Si/c1-5-17-20(18-6-2,19-7-3)12-8-9-14(16)11-10-13(4)15/h5-12H2,1-4H3. The number of carbonyl (C=O) groups is 2. The number of hydrogen-bond donors (Lipinski definition) is 0. The van der Waals surface area contributed by atoms with Crippen LogP contribution in [0.4, 0.5) is 0 Å². The molecule has 20 heavy (non-hydrogen) atoms. The Kier molecular flexibility index (Phi) is 10.8. The first-order chi connectivity index (χ1) is 9.49. The maximum absolute atomic E-state index is 11.6. The minimum absolute atomic E-state index is 0.0556. The van der Waals surface area contributed by atoms with Crippen LogP contribution in [0.2, 0.25) is 6.04 Å². The molecule has 0 radical (unpaired) electrons. The van der Waals surface area contributed by atoms with Crippen LogP contribution in [0.25, 0.3) is 0 Å². The number of Topliss-reactive ketones (excluding diaryl/α,β-unsaturated/α-hetero) is 2. The Morgan fingerprint density at radius 2 is 1.35 bits per heavy atom. The molecule has 6 heteroatoms. The van der Waals surface area contributed by atoms with Crippen LogP contribution in [0.1, 0.15) is 53.4 Å².